The summed E-state index contributed by atoms with van der Waals surface area (Å²) >= 11 is 0. The van der Waals surface area contributed by atoms with Crippen LogP contribution in [0.1, 0.15) is 25.3 Å². The molecule has 3 rings (SSSR count). The second kappa shape index (κ2) is 6.95. The minimum Gasteiger partial charge on any atom is -0.488 e. The van der Waals surface area contributed by atoms with Crippen LogP contribution in [0.5, 0.6) is 5.75 Å². The van der Waals surface area contributed by atoms with Gasteiger partial charge in [0.05, 0.1) is 0 Å². The number of nitrogens with one attached hydrogen (secondary N) is 1. The monoisotopic (exact) mass is 299 g/mol. The van der Waals surface area contributed by atoms with Crippen molar-refractivity contribution in [1.29, 1.82) is 0 Å². The first kappa shape index (κ1) is 14.4. The van der Waals surface area contributed by atoms with E-state index in [0.29, 0.717) is 0 Å². The summed E-state index contributed by atoms with van der Waals surface area (Å²) in [4.78, 5) is 0. The fourth-order valence-corrected chi connectivity index (χ4v) is 5.06. The minimum absolute atomic E-state index is 0.153. The van der Waals surface area contributed by atoms with Gasteiger partial charge in [-0.1, -0.05) is 49.7 Å². The summed E-state index contributed by atoms with van der Waals surface area (Å²) in [6, 6.07) is 16.9. The van der Waals surface area contributed by atoms with Crippen molar-refractivity contribution in [3.05, 3.63) is 54.1 Å². The van der Waals surface area contributed by atoms with E-state index in [1.54, 1.807) is 0 Å². The Bertz CT molecular complexity index is 585. The molecule has 1 aliphatic heterocycles. The molecule has 2 aromatic carbocycles. The largest absolute Gasteiger partial charge is 0.488 e. The van der Waals surface area contributed by atoms with Crippen LogP contribution < -0.4 is 15.4 Å². The van der Waals surface area contributed by atoms with Crippen molar-refractivity contribution in [3.8, 4) is 5.75 Å². The van der Waals surface area contributed by atoms with Crippen LogP contribution in [0.2, 0.25) is 0 Å². The summed E-state index contributed by atoms with van der Waals surface area (Å²) in [5.74, 6) is 1.09. The first-order chi connectivity index (χ1) is 10.4. The Morgan fingerprint density at radius 1 is 1.10 bits per heavy atom. The summed E-state index contributed by atoms with van der Waals surface area (Å²) in [6.07, 6.45) is 4.73. The number of hydrogen-bond acceptors (Lipinski definition) is 2. The van der Waals surface area contributed by atoms with Crippen LogP contribution in [0, 0.1) is 0 Å². The van der Waals surface area contributed by atoms with Gasteiger partial charge in [0.15, 0.2) is 0 Å². The van der Waals surface area contributed by atoms with Crippen molar-refractivity contribution < 1.29 is 4.74 Å². The summed E-state index contributed by atoms with van der Waals surface area (Å²) in [7, 11) is -0.153. The molecule has 1 atom stereocenters. The number of benzene rings is 2. The third-order valence-corrected chi connectivity index (χ3v) is 6.19. The second-order valence-corrected chi connectivity index (χ2v) is 7.61. The number of hydrogen-bond donors (Lipinski definition) is 1. The lowest BCUT2D eigenvalue weighted by Crippen LogP contribution is -2.10. The van der Waals surface area contributed by atoms with Crippen molar-refractivity contribution in [1.82, 2.24) is 0 Å². The topological polar surface area (TPSA) is 21.3 Å². The van der Waals surface area contributed by atoms with E-state index in [0.717, 1.165) is 18.6 Å². The molecule has 0 radical (unpaired) electrons. The average Bonchev–Trinajstić information content (AvgIpc) is 2.96. The normalized spacial score (nSPS) is 16.3. The quantitative estimate of drug-likeness (QED) is 0.790. The molecule has 0 saturated carbocycles. The molecule has 110 valence electrons. The summed E-state index contributed by atoms with van der Waals surface area (Å²) in [5.41, 5.74) is 2.57. The van der Waals surface area contributed by atoms with Crippen LogP contribution in [-0.4, -0.2) is 12.5 Å². The third kappa shape index (κ3) is 3.39. The fourth-order valence-electron chi connectivity index (χ4n) is 2.64. The summed E-state index contributed by atoms with van der Waals surface area (Å²) in [5, 5.41) is 5.05. The van der Waals surface area contributed by atoms with Crippen molar-refractivity contribution >= 4 is 18.9 Å². The van der Waals surface area contributed by atoms with Gasteiger partial charge in [0.2, 0.25) is 0 Å². The lowest BCUT2D eigenvalue weighted by atomic mass is 10.2. The van der Waals surface area contributed by atoms with Crippen molar-refractivity contribution in [2.45, 2.75) is 26.3 Å². The average molecular weight is 299 g/mol. The Kier molecular flexibility index (Phi) is 4.77. The SMILES string of the molecule is CCCC[P@]1COc2cccc(NCc3ccccc3)c21. The molecule has 0 spiro atoms. The molecule has 0 aromatic heterocycles. The van der Waals surface area contributed by atoms with Gasteiger partial charge in [-0.2, -0.15) is 0 Å². The molecule has 2 aromatic rings. The molecular weight excluding hydrogens is 277 g/mol. The summed E-state index contributed by atoms with van der Waals surface area (Å²) in [6.45, 7) is 3.13. The molecule has 0 amide bonds. The van der Waals surface area contributed by atoms with Crippen LogP contribution >= 0.6 is 7.92 Å². The Balaban J connectivity index is 1.75. The number of rotatable bonds is 6. The lowest BCUT2D eigenvalue weighted by molar-refractivity contribution is 0.402. The molecule has 0 unspecified atom stereocenters. The predicted molar refractivity (Wildman–Crippen MR) is 92.0 cm³/mol. The Morgan fingerprint density at radius 2 is 1.95 bits per heavy atom. The summed E-state index contributed by atoms with van der Waals surface area (Å²) < 4.78 is 5.89. The first-order valence-corrected chi connectivity index (χ1v) is 9.38. The van der Waals surface area contributed by atoms with Crippen molar-refractivity contribution in [3.63, 3.8) is 0 Å². The molecular formula is C18H22NOP. The molecule has 0 aliphatic carbocycles. The molecule has 1 aliphatic rings. The smallest absolute Gasteiger partial charge is 0.129 e. The van der Waals surface area contributed by atoms with Crippen molar-refractivity contribution in [2.24, 2.45) is 0 Å². The predicted octanol–water partition coefficient (Wildman–Crippen LogP) is 4.56. The van der Waals surface area contributed by atoms with Gasteiger partial charge in [0.25, 0.3) is 0 Å². The van der Waals surface area contributed by atoms with Crippen molar-refractivity contribution in [2.75, 3.05) is 17.8 Å². The van der Waals surface area contributed by atoms with E-state index in [1.165, 1.54) is 35.6 Å². The molecule has 1 heterocycles. The van der Waals surface area contributed by atoms with E-state index < -0.39 is 0 Å². The maximum atomic E-state index is 5.89. The molecule has 21 heavy (non-hydrogen) atoms. The Hall–Kier alpha value is -1.53. The second-order valence-electron chi connectivity index (χ2n) is 5.38. The van der Waals surface area contributed by atoms with E-state index in [4.69, 9.17) is 4.74 Å². The van der Waals surface area contributed by atoms with Gasteiger partial charge in [0, 0.05) is 17.5 Å². The van der Waals surface area contributed by atoms with Crippen LogP contribution in [0.15, 0.2) is 48.5 Å². The molecule has 0 bridgehead atoms. The highest BCUT2D eigenvalue weighted by Crippen LogP contribution is 2.46. The molecule has 3 heteroatoms. The highest BCUT2D eigenvalue weighted by atomic mass is 31.1. The Morgan fingerprint density at radius 3 is 2.76 bits per heavy atom. The van der Waals surface area contributed by atoms with Gasteiger partial charge < -0.3 is 10.1 Å². The van der Waals surface area contributed by atoms with E-state index in [2.05, 4.69) is 60.8 Å². The van der Waals surface area contributed by atoms with Crippen LogP contribution in [0.25, 0.3) is 0 Å². The number of fused-ring (bicyclic) bond motifs is 1. The zero-order valence-corrected chi connectivity index (χ0v) is 13.4. The van der Waals surface area contributed by atoms with E-state index in [1.807, 2.05) is 0 Å². The van der Waals surface area contributed by atoms with Crippen LogP contribution in [-0.2, 0) is 6.54 Å². The standard InChI is InChI=1S/C18H22NOP/c1-2-3-12-21-14-20-17-11-7-10-16(18(17)21)19-13-15-8-5-4-6-9-15/h4-11,19H,2-3,12-14H2,1H3/t21-/m1/s1. The molecule has 0 fully saturated rings. The fraction of sp³-hybridized carbons (Fsp3) is 0.333. The number of anilines is 1. The van der Waals surface area contributed by atoms with Gasteiger partial charge in [-0.15, -0.1) is 0 Å². The van der Waals surface area contributed by atoms with E-state index in [9.17, 15) is 0 Å². The van der Waals surface area contributed by atoms with Gasteiger partial charge in [-0.05, 0) is 38.2 Å². The third-order valence-electron chi connectivity index (χ3n) is 3.80. The van der Waals surface area contributed by atoms with Gasteiger partial charge in [-0.3, -0.25) is 0 Å². The minimum atomic E-state index is -0.153. The lowest BCUT2D eigenvalue weighted by Gasteiger charge is -2.15. The molecule has 0 saturated heterocycles. The van der Waals surface area contributed by atoms with Gasteiger partial charge >= 0.3 is 0 Å². The van der Waals surface area contributed by atoms with E-state index >= 15 is 0 Å². The highest BCUT2D eigenvalue weighted by molar-refractivity contribution is 7.66. The van der Waals surface area contributed by atoms with E-state index in [-0.39, 0.29) is 7.92 Å². The van der Waals surface area contributed by atoms with Crippen LogP contribution in [0.3, 0.4) is 0 Å². The van der Waals surface area contributed by atoms with Crippen LogP contribution in [0.4, 0.5) is 5.69 Å². The maximum absolute atomic E-state index is 5.89. The molecule has 2 nitrogen and oxygen atoms in total. The maximum Gasteiger partial charge on any atom is 0.129 e. The zero-order chi connectivity index (χ0) is 14.5. The zero-order valence-electron chi connectivity index (χ0n) is 12.5. The Labute approximate surface area is 128 Å². The molecule has 1 N–H and O–H groups in total. The number of unbranched alkanes of at least 4 members (excludes halogenated alkanes) is 1. The van der Waals surface area contributed by atoms with Gasteiger partial charge in [-0.25, -0.2) is 0 Å². The number of ether oxygens (including phenoxy) is 1. The first-order valence-electron chi connectivity index (χ1n) is 7.67. The highest BCUT2D eigenvalue weighted by Gasteiger charge is 2.26. The van der Waals surface area contributed by atoms with Gasteiger partial charge in [0.1, 0.15) is 12.1 Å².